The maximum atomic E-state index is 12.4. The first-order chi connectivity index (χ1) is 10.7. The lowest BCUT2D eigenvalue weighted by Crippen LogP contribution is -2.19. The second kappa shape index (κ2) is 6.26. The Morgan fingerprint density at radius 1 is 1.32 bits per heavy atom. The predicted molar refractivity (Wildman–Crippen MR) is 87.1 cm³/mol. The lowest BCUT2D eigenvalue weighted by molar-refractivity contribution is 0.104. The van der Waals surface area contributed by atoms with Gasteiger partial charge >= 0.3 is 0 Å². The van der Waals surface area contributed by atoms with Crippen LogP contribution in [0.25, 0.3) is 11.0 Å². The second-order valence-corrected chi connectivity index (χ2v) is 5.98. The Morgan fingerprint density at radius 3 is 2.86 bits per heavy atom. The standard InChI is InChI=1S/C18H20N2O2/c1-12-14-8-5-11-19-17(14)20-18(22)16(12)15(21)10-9-13-6-3-2-4-7-13/h5,8-11,13H,2-4,6-7H2,1H3,(H,19,20,22)/b10-9+. The molecule has 0 bridgehead atoms. The van der Waals surface area contributed by atoms with Crippen LogP contribution in [0.5, 0.6) is 0 Å². The smallest absolute Gasteiger partial charge is 0.261 e. The van der Waals surface area contributed by atoms with E-state index < -0.39 is 0 Å². The average molecular weight is 296 g/mol. The summed E-state index contributed by atoms with van der Waals surface area (Å²) < 4.78 is 0. The molecule has 1 N–H and O–H groups in total. The molecule has 114 valence electrons. The molecule has 0 atom stereocenters. The molecule has 1 saturated carbocycles. The minimum absolute atomic E-state index is 0.213. The van der Waals surface area contributed by atoms with Crippen LogP contribution in [0.15, 0.2) is 35.3 Å². The van der Waals surface area contributed by atoms with Crippen molar-refractivity contribution >= 4 is 16.8 Å². The number of H-pyrrole nitrogens is 1. The van der Waals surface area contributed by atoms with Gasteiger partial charge in [0.25, 0.3) is 5.56 Å². The number of fused-ring (bicyclic) bond motifs is 1. The van der Waals surface area contributed by atoms with Gasteiger partial charge in [0.2, 0.25) is 0 Å². The van der Waals surface area contributed by atoms with Gasteiger partial charge in [0.1, 0.15) is 5.65 Å². The van der Waals surface area contributed by atoms with Crippen LogP contribution in [0, 0.1) is 12.8 Å². The van der Waals surface area contributed by atoms with E-state index in [0.717, 1.165) is 18.2 Å². The SMILES string of the molecule is Cc1c(C(=O)/C=C/C2CCCCC2)c(=O)[nH]c2ncccc12. The normalized spacial score (nSPS) is 16.4. The number of pyridine rings is 2. The van der Waals surface area contributed by atoms with Crippen molar-refractivity contribution in [1.29, 1.82) is 0 Å². The van der Waals surface area contributed by atoms with Crippen LogP contribution in [0.3, 0.4) is 0 Å². The van der Waals surface area contributed by atoms with Crippen molar-refractivity contribution in [1.82, 2.24) is 9.97 Å². The van der Waals surface area contributed by atoms with Crippen molar-refractivity contribution in [3.8, 4) is 0 Å². The number of nitrogens with zero attached hydrogens (tertiary/aromatic N) is 1. The van der Waals surface area contributed by atoms with Crippen LogP contribution in [-0.4, -0.2) is 15.8 Å². The molecule has 3 rings (SSSR count). The second-order valence-electron chi connectivity index (χ2n) is 5.98. The molecule has 0 aromatic carbocycles. The number of carbonyl (C=O) groups excluding carboxylic acids is 1. The summed E-state index contributed by atoms with van der Waals surface area (Å²) in [7, 11) is 0. The van der Waals surface area contributed by atoms with Gasteiger partial charge in [-0.1, -0.05) is 25.3 Å². The quantitative estimate of drug-likeness (QED) is 0.696. The highest BCUT2D eigenvalue weighted by molar-refractivity contribution is 6.07. The molecule has 2 aromatic heterocycles. The molecule has 0 unspecified atom stereocenters. The van der Waals surface area contributed by atoms with Crippen LogP contribution in [0.2, 0.25) is 0 Å². The van der Waals surface area contributed by atoms with Gasteiger partial charge in [0.05, 0.1) is 5.56 Å². The van der Waals surface area contributed by atoms with Crippen LogP contribution in [0.4, 0.5) is 0 Å². The summed E-state index contributed by atoms with van der Waals surface area (Å²) >= 11 is 0. The van der Waals surface area contributed by atoms with E-state index in [4.69, 9.17) is 0 Å². The van der Waals surface area contributed by atoms with Crippen molar-refractivity contribution in [3.05, 3.63) is 52.0 Å². The van der Waals surface area contributed by atoms with Crippen LogP contribution in [-0.2, 0) is 0 Å². The third-order valence-corrected chi connectivity index (χ3v) is 4.46. The van der Waals surface area contributed by atoms with Crippen molar-refractivity contribution in [3.63, 3.8) is 0 Å². The van der Waals surface area contributed by atoms with Crippen molar-refractivity contribution < 1.29 is 4.79 Å². The van der Waals surface area contributed by atoms with Crippen molar-refractivity contribution in [2.75, 3.05) is 0 Å². The number of ketones is 1. The zero-order valence-corrected chi connectivity index (χ0v) is 12.8. The van der Waals surface area contributed by atoms with Crippen LogP contribution < -0.4 is 5.56 Å². The molecule has 1 aliphatic rings. The fourth-order valence-corrected chi connectivity index (χ4v) is 3.21. The van der Waals surface area contributed by atoms with Crippen LogP contribution in [0.1, 0.15) is 48.0 Å². The van der Waals surface area contributed by atoms with E-state index in [0.29, 0.717) is 17.1 Å². The Labute approximate surface area is 129 Å². The number of aromatic amines is 1. The maximum absolute atomic E-state index is 12.4. The Kier molecular flexibility index (Phi) is 4.18. The predicted octanol–water partition coefficient (Wildman–Crippen LogP) is 3.55. The topological polar surface area (TPSA) is 62.8 Å². The van der Waals surface area contributed by atoms with Gasteiger partial charge in [0, 0.05) is 11.6 Å². The minimum atomic E-state index is -0.359. The third-order valence-electron chi connectivity index (χ3n) is 4.46. The molecular formula is C18H20N2O2. The summed E-state index contributed by atoms with van der Waals surface area (Å²) in [5, 5.41) is 0.816. The van der Waals surface area contributed by atoms with E-state index >= 15 is 0 Å². The van der Waals surface area contributed by atoms with E-state index in [1.54, 1.807) is 25.3 Å². The molecule has 4 heteroatoms. The van der Waals surface area contributed by atoms with Gasteiger partial charge < -0.3 is 4.98 Å². The lowest BCUT2D eigenvalue weighted by atomic mass is 9.88. The molecule has 4 nitrogen and oxygen atoms in total. The highest BCUT2D eigenvalue weighted by atomic mass is 16.1. The summed E-state index contributed by atoms with van der Waals surface area (Å²) in [6.07, 6.45) is 11.2. The van der Waals surface area contributed by atoms with Crippen molar-refractivity contribution in [2.24, 2.45) is 5.92 Å². The number of nitrogens with one attached hydrogen (secondary N) is 1. The third kappa shape index (κ3) is 2.86. The molecule has 0 aliphatic heterocycles. The van der Waals surface area contributed by atoms with Gasteiger partial charge in [-0.3, -0.25) is 9.59 Å². The van der Waals surface area contributed by atoms with Crippen molar-refractivity contribution in [2.45, 2.75) is 39.0 Å². The zero-order chi connectivity index (χ0) is 15.5. The van der Waals surface area contributed by atoms with E-state index in [-0.39, 0.29) is 16.9 Å². The Bertz CT molecular complexity index is 783. The first kappa shape index (κ1) is 14.7. The molecule has 22 heavy (non-hydrogen) atoms. The van der Waals surface area contributed by atoms with Crippen LogP contribution >= 0.6 is 0 Å². The highest BCUT2D eigenvalue weighted by Crippen LogP contribution is 2.24. The summed E-state index contributed by atoms with van der Waals surface area (Å²) in [5.41, 5.74) is 1.09. The summed E-state index contributed by atoms with van der Waals surface area (Å²) in [5.74, 6) is 0.259. The molecule has 0 saturated heterocycles. The van der Waals surface area contributed by atoms with E-state index in [1.807, 2.05) is 12.1 Å². The summed E-state index contributed by atoms with van der Waals surface area (Å²) in [6.45, 7) is 1.81. The fourth-order valence-electron chi connectivity index (χ4n) is 3.21. The van der Waals surface area contributed by atoms with Gasteiger partial charge in [0.15, 0.2) is 5.78 Å². The highest BCUT2D eigenvalue weighted by Gasteiger charge is 2.16. The number of aromatic nitrogens is 2. The van der Waals surface area contributed by atoms with E-state index in [2.05, 4.69) is 9.97 Å². The molecule has 0 amide bonds. The summed E-state index contributed by atoms with van der Waals surface area (Å²) in [4.78, 5) is 31.5. The average Bonchev–Trinajstić information content (AvgIpc) is 2.54. The number of hydrogen-bond donors (Lipinski definition) is 1. The van der Waals surface area contributed by atoms with Gasteiger partial charge in [-0.05, 0) is 49.5 Å². The zero-order valence-electron chi connectivity index (χ0n) is 12.8. The molecule has 0 radical (unpaired) electrons. The van der Waals surface area contributed by atoms with Gasteiger partial charge in [-0.15, -0.1) is 0 Å². The van der Waals surface area contributed by atoms with Gasteiger partial charge in [-0.25, -0.2) is 4.98 Å². The number of hydrogen-bond acceptors (Lipinski definition) is 3. The first-order valence-corrected chi connectivity index (χ1v) is 7.87. The summed E-state index contributed by atoms with van der Waals surface area (Å²) in [6, 6.07) is 3.68. The monoisotopic (exact) mass is 296 g/mol. The molecule has 2 heterocycles. The van der Waals surface area contributed by atoms with Gasteiger partial charge in [-0.2, -0.15) is 0 Å². The number of aryl methyl sites for hydroxylation is 1. The molecule has 1 fully saturated rings. The lowest BCUT2D eigenvalue weighted by Gasteiger charge is -2.17. The fraction of sp³-hybridized carbons (Fsp3) is 0.389. The largest absolute Gasteiger partial charge is 0.306 e. The molecule has 2 aromatic rings. The number of rotatable bonds is 3. The maximum Gasteiger partial charge on any atom is 0.261 e. The molecule has 0 spiro atoms. The molecular weight excluding hydrogens is 276 g/mol. The number of allylic oxidation sites excluding steroid dienone is 2. The molecule has 1 aliphatic carbocycles. The Morgan fingerprint density at radius 2 is 2.09 bits per heavy atom. The van der Waals surface area contributed by atoms with E-state index in [1.165, 1.54) is 19.3 Å². The first-order valence-electron chi connectivity index (χ1n) is 7.87. The number of carbonyl (C=O) groups is 1. The Balaban J connectivity index is 1.93. The minimum Gasteiger partial charge on any atom is -0.306 e. The Hall–Kier alpha value is -2.23. The van der Waals surface area contributed by atoms with E-state index in [9.17, 15) is 9.59 Å².